The van der Waals surface area contributed by atoms with Crippen LogP contribution in [0.5, 0.6) is 11.5 Å². The molecule has 1 saturated heterocycles. The van der Waals surface area contributed by atoms with E-state index in [1.165, 1.54) is 19.1 Å². The lowest BCUT2D eigenvalue weighted by atomic mass is 9.85. The molecular formula is C38H49N5O9. The maximum Gasteiger partial charge on any atom is 0.408 e. The summed E-state index contributed by atoms with van der Waals surface area (Å²) in [5, 5.41) is 8.20. The van der Waals surface area contributed by atoms with Gasteiger partial charge in [-0.25, -0.2) is 4.79 Å². The molecule has 4 N–H and O–H groups in total. The van der Waals surface area contributed by atoms with Gasteiger partial charge in [0, 0.05) is 18.0 Å². The third-order valence-corrected chi connectivity index (χ3v) is 9.34. The lowest BCUT2D eigenvalue weighted by Gasteiger charge is -2.35. The molecule has 1 saturated carbocycles. The monoisotopic (exact) mass is 719 g/mol. The van der Waals surface area contributed by atoms with Crippen LogP contribution in [-0.2, 0) is 35.4 Å². The highest BCUT2D eigenvalue weighted by Crippen LogP contribution is 2.42. The van der Waals surface area contributed by atoms with Crippen LogP contribution < -0.4 is 30.9 Å². The van der Waals surface area contributed by atoms with Gasteiger partial charge in [-0.05, 0) is 48.4 Å². The molecule has 0 aromatic heterocycles. The number of nitrogens with one attached hydrogen (secondary N) is 4. The molecule has 280 valence electrons. The topological polar surface area (TPSA) is 174 Å². The van der Waals surface area contributed by atoms with Crippen molar-refractivity contribution >= 4 is 35.3 Å². The summed E-state index contributed by atoms with van der Waals surface area (Å²) in [6.07, 6.45) is 3.36. The Bertz CT molecular complexity index is 1690. The van der Waals surface area contributed by atoms with Crippen molar-refractivity contribution in [2.45, 2.75) is 96.2 Å². The van der Waals surface area contributed by atoms with Crippen LogP contribution in [0.2, 0.25) is 0 Å². The van der Waals surface area contributed by atoms with Gasteiger partial charge < -0.3 is 35.1 Å². The molecule has 2 heterocycles. The number of hydrogen-bond donors (Lipinski definition) is 4. The number of carbonyl (C=O) groups excluding carboxylic acids is 5. The summed E-state index contributed by atoms with van der Waals surface area (Å²) in [6, 6.07) is 11.1. The van der Waals surface area contributed by atoms with E-state index in [1.54, 1.807) is 39.0 Å². The largest absolute Gasteiger partial charge is 0.493 e. The Morgan fingerprint density at radius 3 is 2.37 bits per heavy atom. The second kappa shape index (κ2) is 16.1. The van der Waals surface area contributed by atoms with Crippen LogP contribution in [0, 0.1) is 5.41 Å². The number of nitrogens with zero attached hydrogens (tertiary/aromatic N) is 1. The normalized spacial score (nSPS) is 20.6. The SMILES string of the molecule is CCC[C@H](NC(=O)[C@@H]1C[C@]2(C=C(c3cccc(OC)c3OC)NO2)CN1C(=O)[C@@H](NC(=O)OCc1ccccc1)C(C)(C)C)C(=O)C(=O)NC1CC1. The number of likely N-dealkylation sites (tertiary alicyclic amines) is 1. The second-order valence-electron chi connectivity index (χ2n) is 14.5. The molecule has 0 radical (unpaired) electrons. The van der Waals surface area contributed by atoms with Gasteiger partial charge in [0.1, 0.15) is 24.3 Å². The Hall–Kier alpha value is -5.11. The Morgan fingerprint density at radius 2 is 1.73 bits per heavy atom. The Balaban J connectivity index is 1.44. The quantitative estimate of drug-likeness (QED) is 0.212. The zero-order valence-electron chi connectivity index (χ0n) is 30.6. The summed E-state index contributed by atoms with van der Waals surface area (Å²) in [7, 11) is 3.05. The van der Waals surface area contributed by atoms with Crippen molar-refractivity contribution < 1.29 is 43.0 Å². The van der Waals surface area contributed by atoms with E-state index in [1.807, 2.05) is 43.3 Å². The van der Waals surface area contributed by atoms with Crippen molar-refractivity contribution in [1.29, 1.82) is 0 Å². The minimum Gasteiger partial charge on any atom is -0.493 e. The molecule has 3 aliphatic rings. The van der Waals surface area contributed by atoms with Crippen molar-refractivity contribution in [1.82, 2.24) is 26.3 Å². The molecule has 52 heavy (non-hydrogen) atoms. The van der Waals surface area contributed by atoms with Gasteiger partial charge in [0.05, 0.1) is 32.5 Å². The van der Waals surface area contributed by atoms with Crippen LogP contribution in [-0.4, -0.2) is 85.0 Å². The molecule has 0 bridgehead atoms. The summed E-state index contributed by atoms with van der Waals surface area (Å²) < 4.78 is 16.6. The maximum absolute atomic E-state index is 14.6. The highest BCUT2D eigenvalue weighted by Gasteiger charge is 2.54. The van der Waals surface area contributed by atoms with Gasteiger partial charge in [0.15, 0.2) is 11.5 Å². The third-order valence-electron chi connectivity index (χ3n) is 9.34. The number of ether oxygens (including phenoxy) is 3. The Labute approximate surface area is 303 Å². The second-order valence-corrected chi connectivity index (χ2v) is 14.5. The molecule has 4 atom stereocenters. The summed E-state index contributed by atoms with van der Waals surface area (Å²) in [6.45, 7) is 7.15. The molecule has 14 heteroatoms. The highest BCUT2D eigenvalue weighted by atomic mass is 16.7. The number of hydrogen-bond acceptors (Lipinski definition) is 10. The van der Waals surface area contributed by atoms with E-state index in [0.29, 0.717) is 29.2 Å². The first-order valence-electron chi connectivity index (χ1n) is 17.6. The van der Waals surface area contributed by atoms with Crippen molar-refractivity contribution in [2.75, 3.05) is 20.8 Å². The fourth-order valence-electron chi connectivity index (χ4n) is 6.42. The van der Waals surface area contributed by atoms with Gasteiger partial charge in [0.25, 0.3) is 5.91 Å². The molecule has 2 fully saturated rings. The van der Waals surface area contributed by atoms with Gasteiger partial charge in [-0.3, -0.25) is 29.5 Å². The van der Waals surface area contributed by atoms with Crippen LogP contribution in [0.1, 0.15) is 70.9 Å². The zero-order valence-corrected chi connectivity index (χ0v) is 30.6. The first-order valence-corrected chi connectivity index (χ1v) is 17.6. The van der Waals surface area contributed by atoms with E-state index in [9.17, 15) is 24.0 Å². The molecule has 4 amide bonds. The molecule has 2 aromatic carbocycles. The molecule has 2 aliphatic heterocycles. The van der Waals surface area contributed by atoms with E-state index in [-0.39, 0.29) is 32.0 Å². The van der Waals surface area contributed by atoms with Crippen molar-refractivity contribution in [3.63, 3.8) is 0 Å². The number of benzene rings is 2. The fourth-order valence-corrected chi connectivity index (χ4v) is 6.42. The van der Waals surface area contributed by atoms with Gasteiger partial charge in [-0.15, -0.1) is 0 Å². The van der Waals surface area contributed by atoms with Crippen molar-refractivity contribution in [2.24, 2.45) is 5.41 Å². The molecule has 1 spiro atoms. The predicted octanol–water partition coefficient (Wildman–Crippen LogP) is 3.39. The Kier molecular flexibility index (Phi) is 11.8. The number of methoxy groups -OCH3 is 2. The number of amides is 4. The lowest BCUT2D eigenvalue weighted by Crippen LogP contribution is -2.59. The van der Waals surface area contributed by atoms with E-state index >= 15 is 0 Å². The molecule has 14 nitrogen and oxygen atoms in total. The van der Waals surface area contributed by atoms with Crippen LogP contribution in [0.25, 0.3) is 5.70 Å². The van der Waals surface area contributed by atoms with Crippen LogP contribution >= 0.6 is 0 Å². The maximum atomic E-state index is 14.6. The molecule has 2 aromatic rings. The van der Waals surface area contributed by atoms with Gasteiger partial charge in [0.2, 0.25) is 17.6 Å². The minimum atomic E-state index is -1.19. The number of para-hydroxylation sites is 1. The number of Topliss-reactive ketones (excluding diaryl/α,β-unsaturated/α-hetero) is 1. The average molecular weight is 720 g/mol. The summed E-state index contributed by atoms with van der Waals surface area (Å²) in [4.78, 5) is 75.3. The molecule has 5 rings (SSSR count). The number of alkyl carbamates (subject to hydrolysis) is 1. The molecule has 1 aliphatic carbocycles. The average Bonchev–Trinajstić information content (AvgIpc) is 3.72. The summed E-state index contributed by atoms with van der Waals surface area (Å²) in [5.41, 5.74) is 2.90. The molecular weight excluding hydrogens is 670 g/mol. The van der Waals surface area contributed by atoms with Crippen molar-refractivity contribution in [3.8, 4) is 11.5 Å². The number of carbonyl (C=O) groups is 5. The van der Waals surface area contributed by atoms with E-state index < -0.39 is 58.7 Å². The number of hydroxylamine groups is 1. The van der Waals surface area contributed by atoms with Crippen LogP contribution in [0.4, 0.5) is 4.79 Å². The smallest absolute Gasteiger partial charge is 0.408 e. The zero-order chi connectivity index (χ0) is 37.6. The van der Waals surface area contributed by atoms with E-state index in [2.05, 4.69) is 21.4 Å². The first kappa shape index (κ1) is 38.1. The highest BCUT2D eigenvalue weighted by molar-refractivity contribution is 6.38. The Morgan fingerprint density at radius 1 is 1.00 bits per heavy atom. The molecule has 0 unspecified atom stereocenters. The summed E-state index contributed by atoms with van der Waals surface area (Å²) >= 11 is 0. The number of ketones is 1. The predicted molar refractivity (Wildman–Crippen MR) is 191 cm³/mol. The van der Waals surface area contributed by atoms with Gasteiger partial charge >= 0.3 is 6.09 Å². The fraction of sp³-hybridized carbons (Fsp3) is 0.500. The summed E-state index contributed by atoms with van der Waals surface area (Å²) in [5.74, 6) is -1.70. The lowest BCUT2D eigenvalue weighted by molar-refractivity contribution is -0.144. The van der Waals surface area contributed by atoms with Crippen molar-refractivity contribution in [3.05, 3.63) is 65.7 Å². The van der Waals surface area contributed by atoms with Gasteiger partial charge in [-0.2, -0.15) is 0 Å². The van der Waals surface area contributed by atoms with Crippen LogP contribution in [0.3, 0.4) is 0 Å². The third kappa shape index (κ3) is 8.84. The standard InChI is InChI=1S/C38H49N5O9/c1-7-12-26(30(44)34(46)39-24-17-18-24)40-33(45)28-20-38(19-27(42-52-38)25-15-11-16-29(49-5)31(25)50-6)22-43(28)35(47)32(37(2,3)4)41-36(48)51-21-23-13-9-8-10-14-23/h8-11,13-16,19,24,26,28,32,42H,7,12,17-18,20-22H2,1-6H3,(H,39,46)(H,40,45)(H,41,48)/t26-,28-,32+,38+/m0/s1. The number of rotatable bonds is 14. The van der Waals surface area contributed by atoms with E-state index in [4.69, 9.17) is 19.0 Å². The van der Waals surface area contributed by atoms with Crippen LogP contribution in [0.15, 0.2) is 54.6 Å². The van der Waals surface area contributed by atoms with Gasteiger partial charge in [-0.1, -0.05) is 70.5 Å². The first-order chi connectivity index (χ1) is 24.8. The minimum absolute atomic E-state index is 0.00241. The van der Waals surface area contributed by atoms with E-state index in [0.717, 1.165) is 18.4 Å².